The van der Waals surface area contributed by atoms with E-state index in [1.54, 1.807) is 12.1 Å². The van der Waals surface area contributed by atoms with Gasteiger partial charge in [0.25, 0.3) is 5.69 Å². The molecule has 0 radical (unpaired) electrons. The van der Waals surface area contributed by atoms with Gasteiger partial charge in [-0.3, -0.25) is 14.3 Å². The Kier molecular flexibility index (Phi) is 3.33. The third-order valence-corrected chi connectivity index (χ3v) is 4.15. The number of non-ortho nitro benzene ring substituents is 1. The number of nitrogens with zero attached hydrogens (tertiary/aromatic N) is 1. The van der Waals surface area contributed by atoms with Crippen molar-refractivity contribution < 1.29 is 13.3 Å². The van der Waals surface area contributed by atoms with Crippen LogP contribution >= 0.6 is 0 Å². The lowest BCUT2D eigenvalue weighted by atomic mass is 9.97. The van der Waals surface area contributed by atoms with Gasteiger partial charge in [0.1, 0.15) is 6.10 Å². The number of nitro groups is 1. The second-order valence-electron chi connectivity index (χ2n) is 4.48. The molecule has 0 aromatic heterocycles. The molecule has 2 aromatic rings. The van der Waals surface area contributed by atoms with Crippen LogP contribution in [0.3, 0.4) is 0 Å². The highest BCUT2D eigenvalue weighted by molar-refractivity contribution is 7.79. The highest BCUT2D eigenvalue weighted by Gasteiger charge is 2.27. The summed E-state index contributed by atoms with van der Waals surface area (Å²) in [5.41, 5.74) is 2.50. The zero-order valence-corrected chi connectivity index (χ0v) is 11.2. The minimum Gasteiger partial charge on any atom is -0.277 e. The standard InChI is InChI=1S/C14H11NO4S/c16-15(17)12-6-3-5-10(8-12)14-13-7-2-1-4-11(13)9-20(18)19-14/h1-8,14H,9H2. The van der Waals surface area contributed by atoms with Crippen molar-refractivity contribution in [2.45, 2.75) is 11.9 Å². The van der Waals surface area contributed by atoms with Gasteiger partial charge in [-0.1, -0.05) is 36.4 Å². The fourth-order valence-corrected chi connectivity index (χ4v) is 3.29. The van der Waals surface area contributed by atoms with Crippen molar-refractivity contribution in [3.63, 3.8) is 0 Å². The first kappa shape index (κ1) is 13.0. The number of benzene rings is 2. The smallest absolute Gasteiger partial charge is 0.269 e. The molecule has 0 amide bonds. The Morgan fingerprint density at radius 3 is 2.80 bits per heavy atom. The lowest BCUT2D eigenvalue weighted by Crippen LogP contribution is -2.18. The third-order valence-electron chi connectivity index (χ3n) is 3.20. The topological polar surface area (TPSA) is 69.4 Å². The zero-order valence-electron chi connectivity index (χ0n) is 10.4. The lowest BCUT2D eigenvalue weighted by molar-refractivity contribution is -0.385. The average molecular weight is 289 g/mol. The minimum atomic E-state index is -1.42. The largest absolute Gasteiger partial charge is 0.277 e. The number of hydrogen-bond donors (Lipinski definition) is 0. The maximum Gasteiger partial charge on any atom is 0.269 e. The van der Waals surface area contributed by atoms with Gasteiger partial charge < -0.3 is 0 Å². The fraction of sp³-hybridized carbons (Fsp3) is 0.143. The summed E-state index contributed by atoms with van der Waals surface area (Å²) < 4.78 is 17.3. The highest BCUT2D eigenvalue weighted by Crippen LogP contribution is 2.35. The summed E-state index contributed by atoms with van der Waals surface area (Å²) in [5, 5.41) is 10.9. The van der Waals surface area contributed by atoms with Crippen molar-refractivity contribution in [3.05, 3.63) is 75.3 Å². The molecule has 1 aliphatic heterocycles. The van der Waals surface area contributed by atoms with Crippen LogP contribution in [0.5, 0.6) is 0 Å². The summed E-state index contributed by atoms with van der Waals surface area (Å²) in [4.78, 5) is 10.4. The molecule has 0 saturated carbocycles. The maximum absolute atomic E-state index is 11.8. The van der Waals surface area contributed by atoms with Gasteiger partial charge in [0.15, 0.2) is 11.1 Å². The summed E-state index contributed by atoms with van der Waals surface area (Å²) in [5.74, 6) is 0.349. The predicted octanol–water partition coefficient (Wildman–Crippen LogP) is 2.88. The van der Waals surface area contributed by atoms with Crippen molar-refractivity contribution in [2.24, 2.45) is 0 Å². The monoisotopic (exact) mass is 289 g/mol. The van der Waals surface area contributed by atoms with Crippen LogP contribution in [-0.4, -0.2) is 9.13 Å². The summed E-state index contributed by atoms with van der Waals surface area (Å²) >= 11 is -1.42. The Morgan fingerprint density at radius 2 is 2.00 bits per heavy atom. The molecule has 2 atom stereocenters. The predicted molar refractivity (Wildman–Crippen MR) is 74.3 cm³/mol. The van der Waals surface area contributed by atoms with Crippen LogP contribution in [0, 0.1) is 10.1 Å². The number of fused-ring (bicyclic) bond motifs is 1. The van der Waals surface area contributed by atoms with E-state index in [1.165, 1.54) is 12.1 Å². The molecule has 2 unspecified atom stereocenters. The van der Waals surface area contributed by atoms with E-state index < -0.39 is 22.1 Å². The van der Waals surface area contributed by atoms with Gasteiger partial charge in [-0.05, 0) is 16.7 Å². The number of hydrogen-bond acceptors (Lipinski definition) is 4. The summed E-state index contributed by atoms with van der Waals surface area (Å²) in [7, 11) is 0. The molecule has 0 spiro atoms. The molecule has 3 rings (SSSR count). The van der Waals surface area contributed by atoms with Crippen LogP contribution in [0.2, 0.25) is 0 Å². The van der Waals surface area contributed by atoms with Gasteiger partial charge in [-0.2, -0.15) is 0 Å². The molecule has 1 heterocycles. The van der Waals surface area contributed by atoms with Crippen molar-refractivity contribution in [1.82, 2.24) is 0 Å². The Hall–Kier alpha value is -2.05. The molecular formula is C14H11NO4S. The quantitative estimate of drug-likeness (QED) is 0.629. The fourth-order valence-electron chi connectivity index (χ4n) is 2.28. The summed E-state index contributed by atoms with van der Waals surface area (Å²) in [6, 6.07) is 13.8. The average Bonchev–Trinajstić information content (AvgIpc) is 2.46. The van der Waals surface area contributed by atoms with Crippen LogP contribution in [0.15, 0.2) is 48.5 Å². The Bertz CT molecular complexity index is 701. The second-order valence-corrected chi connectivity index (χ2v) is 5.56. The van der Waals surface area contributed by atoms with Gasteiger partial charge >= 0.3 is 0 Å². The molecule has 6 heteroatoms. The molecule has 0 saturated heterocycles. The molecule has 20 heavy (non-hydrogen) atoms. The van der Waals surface area contributed by atoms with E-state index in [0.717, 1.165) is 11.1 Å². The normalized spacial score (nSPS) is 21.2. The van der Waals surface area contributed by atoms with Gasteiger partial charge in [0.05, 0.1) is 10.7 Å². The SMILES string of the molecule is O=[N+]([O-])c1cccc(C2OS(=O)Cc3ccccc32)c1. The van der Waals surface area contributed by atoms with Crippen molar-refractivity contribution >= 4 is 16.8 Å². The van der Waals surface area contributed by atoms with Crippen molar-refractivity contribution in [3.8, 4) is 0 Å². The van der Waals surface area contributed by atoms with Crippen molar-refractivity contribution in [1.29, 1.82) is 0 Å². The molecule has 0 aliphatic carbocycles. The van der Waals surface area contributed by atoms with Gasteiger partial charge in [-0.25, -0.2) is 4.21 Å². The second kappa shape index (κ2) is 5.15. The van der Waals surface area contributed by atoms with Crippen LogP contribution in [0.1, 0.15) is 22.8 Å². The van der Waals surface area contributed by atoms with E-state index in [1.807, 2.05) is 24.3 Å². The molecule has 0 fully saturated rings. The summed E-state index contributed by atoms with van der Waals surface area (Å²) in [6.07, 6.45) is -0.527. The minimum absolute atomic E-state index is 0.0000584. The Labute approximate surface area is 118 Å². The molecule has 2 aromatic carbocycles. The molecule has 5 nitrogen and oxygen atoms in total. The van der Waals surface area contributed by atoms with Crippen LogP contribution in [0.25, 0.3) is 0 Å². The van der Waals surface area contributed by atoms with E-state index in [-0.39, 0.29) is 5.69 Å². The van der Waals surface area contributed by atoms with E-state index in [0.29, 0.717) is 11.3 Å². The molecule has 0 bridgehead atoms. The molecular weight excluding hydrogens is 278 g/mol. The van der Waals surface area contributed by atoms with Crippen LogP contribution in [-0.2, 0) is 21.0 Å². The van der Waals surface area contributed by atoms with E-state index >= 15 is 0 Å². The third kappa shape index (κ3) is 2.35. The molecule has 102 valence electrons. The Balaban J connectivity index is 2.08. The van der Waals surface area contributed by atoms with Crippen LogP contribution in [0.4, 0.5) is 5.69 Å². The van der Waals surface area contributed by atoms with Gasteiger partial charge in [0.2, 0.25) is 0 Å². The number of nitro benzene ring substituents is 1. The first-order valence-corrected chi connectivity index (χ1v) is 7.27. The van der Waals surface area contributed by atoms with Gasteiger partial charge in [-0.15, -0.1) is 0 Å². The van der Waals surface area contributed by atoms with E-state index in [2.05, 4.69) is 0 Å². The molecule has 1 aliphatic rings. The first-order valence-electron chi connectivity index (χ1n) is 6.03. The van der Waals surface area contributed by atoms with Crippen molar-refractivity contribution in [2.75, 3.05) is 0 Å². The maximum atomic E-state index is 11.8. The Morgan fingerprint density at radius 1 is 1.20 bits per heavy atom. The van der Waals surface area contributed by atoms with Gasteiger partial charge in [0, 0.05) is 12.1 Å². The molecule has 0 N–H and O–H groups in total. The number of rotatable bonds is 2. The van der Waals surface area contributed by atoms with E-state index in [4.69, 9.17) is 4.18 Å². The lowest BCUT2D eigenvalue weighted by Gasteiger charge is -2.24. The highest BCUT2D eigenvalue weighted by atomic mass is 32.2. The zero-order chi connectivity index (χ0) is 14.1. The first-order chi connectivity index (χ1) is 9.65. The summed E-state index contributed by atoms with van der Waals surface area (Å²) in [6.45, 7) is 0. The van der Waals surface area contributed by atoms with E-state index in [9.17, 15) is 14.3 Å². The van der Waals surface area contributed by atoms with Crippen LogP contribution < -0.4 is 0 Å².